The first-order valence-corrected chi connectivity index (χ1v) is 12.2. The van der Waals surface area contributed by atoms with Gasteiger partial charge in [0.05, 0.1) is 6.61 Å². The number of imide groups is 1. The minimum Gasteiger partial charge on any atom is -0.464 e. The summed E-state index contributed by atoms with van der Waals surface area (Å²) in [5, 5.41) is 0. The number of amides is 2. The number of hydrogen-bond acceptors (Lipinski definition) is 6. The van der Waals surface area contributed by atoms with E-state index in [0.29, 0.717) is 6.42 Å². The van der Waals surface area contributed by atoms with Crippen LogP contribution in [0.2, 0.25) is 0 Å². The highest BCUT2D eigenvalue weighted by molar-refractivity contribution is 8.01. The zero-order valence-corrected chi connectivity index (χ0v) is 20.8. The Morgan fingerprint density at radius 2 is 1.71 bits per heavy atom. The number of carbonyl (C=O) groups is 3. The van der Waals surface area contributed by atoms with Crippen LogP contribution in [-0.2, 0) is 19.1 Å². The molecule has 3 rings (SSSR count). The SMILES string of the molecule is CCOC(=O)[C@@H]1C[C@](C/C=C/c2ccccc2)(Sc2ccccc2)C(=O)N1C(=O)OC(C)(C)C. The molecule has 0 aliphatic carbocycles. The lowest BCUT2D eigenvalue weighted by molar-refractivity contribution is -0.151. The Labute approximate surface area is 205 Å². The van der Waals surface area contributed by atoms with Crippen molar-refractivity contribution >= 4 is 35.8 Å². The van der Waals surface area contributed by atoms with E-state index in [2.05, 4.69) is 0 Å². The number of rotatable bonds is 7. The summed E-state index contributed by atoms with van der Waals surface area (Å²) in [5.74, 6) is -1.06. The second-order valence-corrected chi connectivity index (χ2v) is 10.5. The molecule has 1 aliphatic rings. The van der Waals surface area contributed by atoms with E-state index >= 15 is 0 Å². The first-order valence-electron chi connectivity index (χ1n) is 11.3. The summed E-state index contributed by atoms with van der Waals surface area (Å²) in [6, 6.07) is 18.2. The molecule has 2 atom stereocenters. The molecule has 2 aromatic carbocycles. The quantitative estimate of drug-likeness (QED) is 0.471. The van der Waals surface area contributed by atoms with Crippen LogP contribution in [0.3, 0.4) is 0 Å². The molecule has 1 saturated heterocycles. The van der Waals surface area contributed by atoms with Crippen LogP contribution in [0.4, 0.5) is 4.79 Å². The predicted octanol–water partition coefficient (Wildman–Crippen LogP) is 5.72. The van der Waals surface area contributed by atoms with E-state index in [9.17, 15) is 14.4 Å². The maximum atomic E-state index is 13.9. The van der Waals surface area contributed by atoms with Gasteiger partial charge in [-0.05, 0) is 51.8 Å². The van der Waals surface area contributed by atoms with Crippen LogP contribution in [0.15, 0.2) is 71.6 Å². The maximum Gasteiger partial charge on any atom is 0.417 e. The first-order chi connectivity index (χ1) is 16.1. The number of esters is 1. The van der Waals surface area contributed by atoms with Crippen molar-refractivity contribution in [3.05, 3.63) is 72.3 Å². The zero-order valence-electron chi connectivity index (χ0n) is 20.0. The fourth-order valence-corrected chi connectivity index (χ4v) is 5.11. The Balaban J connectivity index is 1.99. The van der Waals surface area contributed by atoms with Crippen molar-refractivity contribution in [2.24, 2.45) is 0 Å². The van der Waals surface area contributed by atoms with Gasteiger partial charge in [-0.2, -0.15) is 0 Å². The number of benzene rings is 2. The molecule has 1 fully saturated rings. The molecule has 1 heterocycles. The molecule has 6 nitrogen and oxygen atoms in total. The summed E-state index contributed by atoms with van der Waals surface area (Å²) < 4.78 is 9.66. The van der Waals surface area contributed by atoms with Crippen LogP contribution in [0, 0.1) is 0 Å². The van der Waals surface area contributed by atoms with Crippen LogP contribution in [0.5, 0.6) is 0 Å². The maximum absolute atomic E-state index is 13.9. The van der Waals surface area contributed by atoms with Crippen molar-refractivity contribution in [1.29, 1.82) is 0 Å². The molecule has 2 aromatic rings. The molecule has 0 unspecified atom stereocenters. The van der Waals surface area contributed by atoms with Crippen molar-refractivity contribution in [2.75, 3.05) is 6.61 Å². The number of thioether (sulfide) groups is 1. The van der Waals surface area contributed by atoms with E-state index in [4.69, 9.17) is 9.47 Å². The van der Waals surface area contributed by atoms with Gasteiger partial charge in [-0.25, -0.2) is 14.5 Å². The molecule has 34 heavy (non-hydrogen) atoms. The number of nitrogens with zero attached hydrogens (tertiary/aromatic N) is 1. The highest BCUT2D eigenvalue weighted by atomic mass is 32.2. The van der Waals surface area contributed by atoms with Gasteiger partial charge in [-0.1, -0.05) is 60.7 Å². The number of allylic oxidation sites excluding steroid dienone is 1. The van der Waals surface area contributed by atoms with E-state index in [0.717, 1.165) is 15.4 Å². The smallest absolute Gasteiger partial charge is 0.417 e. The number of carbonyl (C=O) groups excluding carboxylic acids is 3. The van der Waals surface area contributed by atoms with Crippen LogP contribution < -0.4 is 0 Å². The molecule has 0 N–H and O–H groups in total. The van der Waals surface area contributed by atoms with Gasteiger partial charge in [0.1, 0.15) is 16.4 Å². The van der Waals surface area contributed by atoms with E-state index in [1.54, 1.807) is 27.7 Å². The second-order valence-electron chi connectivity index (χ2n) is 9.05. The predicted molar refractivity (Wildman–Crippen MR) is 133 cm³/mol. The topological polar surface area (TPSA) is 72.9 Å². The van der Waals surface area contributed by atoms with Crippen LogP contribution >= 0.6 is 11.8 Å². The van der Waals surface area contributed by atoms with Crippen molar-refractivity contribution in [2.45, 2.75) is 61.8 Å². The molecule has 1 aliphatic heterocycles. The van der Waals surface area contributed by atoms with Gasteiger partial charge >= 0.3 is 12.1 Å². The molecular weight excluding hydrogens is 450 g/mol. The summed E-state index contributed by atoms with van der Waals surface area (Å²) in [4.78, 5) is 41.6. The number of hydrogen-bond donors (Lipinski definition) is 0. The van der Waals surface area contributed by atoms with Crippen molar-refractivity contribution in [1.82, 2.24) is 4.90 Å². The molecule has 0 radical (unpaired) electrons. The lowest BCUT2D eigenvalue weighted by Crippen LogP contribution is -2.47. The first kappa shape index (κ1) is 25.6. The standard InChI is InChI=1S/C27H31NO5S/c1-5-32-23(29)22-19-27(34-21-16-10-7-11-17-21,18-12-15-20-13-8-6-9-14-20)24(30)28(22)25(31)33-26(2,3)4/h6-17,22H,5,18-19H2,1-4H3/b15-12+/t22-,27-/m0/s1. The van der Waals surface area contributed by atoms with Crippen LogP contribution in [0.1, 0.15) is 46.1 Å². The van der Waals surface area contributed by atoms with Gasteiger partial charge in [0.2, 0.25) is 5.91 Å². The minimum atomic E-state index is -1.07. The third-order valence-electron chi connectivity index (χ3n) is 5.21. The molecule has 0 spiro atoms. The van der Waals surface area contributed by atoms with Gasteiger partial charge in [-0.15, -0.1) is 11.8 Å². The highest BCUT2D eigenvalue weighted by Gasteiger charge is 2.57. The third kappa shape index (κ3) is 6.29. The molecule has 0 saturated carbocycles. The van der Waals surface area contributed by atoms with Gasteiger partial charge in [0.25, 0.3) is 0 Å². The monoisotopic (exact) mass is 481 g/mol. The van der Waals surface area contributed by atoms with Gasteiger partial charge in [0, 0.05) is 11.3 Å². The Morgan fingerprint density at radius 3 is 2.29 bits per heavy atom. The van der Waals surface area contributed by atoms with Crippen molar-refractivity contribution < 1.29 is 23.9 Å². The summed E-state index contributed by atoms with van der Waals surface area (Å²) in [6.07, 6.45) is 3.48. The molecule has 7 heteroatoms. The van der Waals surface area contributed by atoms with Crippen LogP contribution in [-0.4, -0.2) is 45.9 Å². The van der Waals surface area contributed by atoms with E-state index in [1.165, 1.54) is 11.8 Å². The Hall–Kier alpha value is -3.06. The van der Waals surface area contributed by atoms with E-state index in [-0.39, 0.29) is 13.0 Å². The number of ether oxygens (including phenoxy) is 2. The Kier molecular flexibility index (Phi) is 8.20. The summed E-state index contributed by atoms with van der Waals surface area (Å²) >= 11 is 1.36. The largest absolute Gasteiger partial charge is 0.464 e. The summed E-state index contributed by atoms with van der Waals surface area (Å²) in [6.45, 7) is 7.01. The number of likely N-dealkylation sites (tertiary alicyclic amines) is 1. The highest BCUT2D eigenvalue weighted by Crippen LogP contribution is 2.47. The van der Waals surface area contributed by atoms with Crippen molar-refractivity contribution in [3.8, 4) is 0 Å². The summed E-state index contributed by atoms with van der Waals surface area (Å²) in [5.41, 5.74) is 0.181. The average Bonchev–Trinajstić information content (AvgIpc) is 3.07. The van der Waals surface area contributed by atoms with Gasteiger partial charge < -0.3 is 9.47 Å². The van der Waals surface area contributed by atoms with Gasteiger partial charge in [-0.3, -0.25) is 4.79 Å². The third-order valence-corrected chi connectivity index (χ3v) is 6.61. The second kappa shape index (κ2) is 10.9. The summed E-state index contributed by atoms with van der Waals surface area (Å²) in [7, 11) is 0. The fourth-order valence-electron chi connectivity index (χ4n) is 3.76. The lowest BCUT2D eigenvalue weighted by Gasteiger charge is -2.27. The normalized spacial score (nSPS) is 20.5. The Morgan fingerprint density at radius 1 is 1.09 bits per heavy atom. The molecule has 180 valence electrons. The fraction of sp³-hybridized carbons (Fsp3) is 0.370. The molecule has 0 aromatic heterocycles. The van der Waals surface area contributed by atoms with E-state index in [1.807, 2.05) is 72.8 Å². The average molecular weight is 482 g/mol. The Bertz CT molecular complexity index is 1030. The molecule has 2 amide bonds. The van der Waals surface area contributed by atoms with Gasteiger partial charge in [0.15, 0.2) is 0 Å². The van der Waals surface area contributed by atoms with E-state index < -0.39 is 34.4 Å². The molecule has 0 bridgehead atoms. The van der Waals surface area contributed by atoms with Crippen LogP contribution in [0.25, 0.3) is 6.08 Å². The zero-order chi connectivity index (χ0) is 24.8. The van der Waals surface area contributed by atoms with Crippen molar-refractivity contribution in [3.63, 3.8) is 0 Å². The molecular formula is C27H31NO5S. The lowest BCUT2D eigenvalue weighted by atomic mass is 9.99. The minimum absolute atomic E-state index is 0.128.